The lowest BCUT2D eigenvalue weighted by molar-refractivity contribution is 0.104. The van der Waals surface area contributed by atoms with Gasteiger partial charge in [0.15, 0.2) is 5.78 Å². The van der Waals surface area contributed by atoms with Crippen molar-refractivity contribution in [1.29, 1.82) is 0 Å². The van der Waals surface area contributed by atoms with Crippen molar-refractivity contribution in [3.05, 3.63) is 63.4 Å². The lowest BCUT2D eigenvalue weighted by Crippen LogP contribution is -1.95. The summed E-state index contributed by atoms with van der Waals surface area (Å²) in [5.41, 5.74) is 1.53. The van der Waals surface area contributed by atoms with Gasteiger partial charge in [-0.15, -0.1) is 11.3 Å². The summed E-state index contributed by atoms with van der Waals surface area (Å²) in [5, 5.41) is 3.35. The number of ketones is 1. The molecule has 3 aromatic rings. The third-order valence-electron chi connectivity index (χ3n) is 3.22. The van der Waals surface area contributed by atoms with Crippen LogP contribution in [0.2, 0.25) is 5.15 Å². The van der Waals surface area contributed by atoms with Gasteiger partial charge in [0.05, 0.1) is 5.56 Å². The molecule has 0 fully saturated rings. The van der Waals surface area contributed by atoms with Crippen molar-refractivity contribution in [2.45, 2.75) is 0 Å². The van der Waals surface area contributed by atoms with E-state index in [1.165, 1.54) is 0 Å². The van der Waals surface area contributed by atoms with Crippen molar-refractivity contribution >= 4 is 45.7 Å². The van der Waals surface area contributed by atoms with Gasteiger partial charge in [-0.3, -0.25) is 4.79 Å². The highest BCUT2D eigenvalue weighted by atomic mass is 35.5. The first-order valence-corrected chi connectivity index (χ1v) is 7.43. The average molecular weight is 302 g/mol. The molecule has 0 aliphatic carbocycles. The van der Waals surface area contributed by atoms with Gasteiger partial charge in [0.1, 0.15) is 5.15 Å². The maximum Gasteiger partial charge on any atom is 0.189 e. The van der Waals surface area contributed by atoms with Crippen LogP contribution in [0.5, 0.6) is 0 Å². The van der Waals surface area contributed by atoms with E-state index in [0.717, 1.165) is 15.8 Å². The summed E-state index contributed by atoms with van der Waals surface area (Å²) in [7, 11) is 1.87. The Morgan fingerprint density at radius 3 is 2.80 bits per heavy atom. The zero-order valence-corrected chi connectivity index (χ0v) is 12.4. The summed E-state index contributed by atoms with van der Waals surface area (Å²) in [5.74, 6) is -0.0693. The topological polar surface area (TPSA) is 22.0 Å². The fourth-order valence-electron chi connectivity index (χ4n) is 2.22. The molecule has 0 aliphatic heterocycles. The zero-order valence-electron chi connectivity index (χ0n) is 10.8. The number of carbonyl (C=O) groups is 1. The third kappa shape index (κ3) is 2.19. The predicted octanol–water partition coefficient (Wildman–Crippen LogP) is 4.79. The average Bonchev–Trinajstić information content (AvgIpc) is 3.05. The van der Waals surface area contributed by atoms with E-state index in [4.69, 9.17) is 11.6 Å². The number of thiophene rings is 1. The Labute approximate surface area is 125 Å². The molecule has 0 amide bonds. The number of aryl methyl sites for hydroxylation is 1. The van der Waals surface area contributed by atoms with E-state index in [2.05, 4.69) is 0 Å². The highest BCUT2D eigenvalue weighted by Gasteiger charge is 2.17. The van der Waals surface area contributed by atoms with Crippen molar-refractivity contribution in [1.82, 2.24) is 4.57 Å². The molecule has 0 bridgehead atoms. The summed E-state index contributed by atoms with van der Waals surface area (Å²) in [4.78, 5) is 13.5. The molecule has 0 unspecified atom stereocenters. The van der Waals surface area contributed by atoms with Crippen LogP contribution in [0, 0.1) is 0 Å². The first-order valence-electron chi connectivity index (χ1n) is 6.17. The van der Waals surface area contributed by atoms with Gasteiger partial charge in [0.25, 0.3) is 0 Å². The monoisotopic (exact) mass is 301 g/mol. The van der Waals surface area contributed by atoms with Crippen LogP contribution in [0.25, 0.3) is 17.0 Å². The minimum absolute atomic E-state index is 0.0693. The van der Waals surface area contributed by atoms with Crippen LogP contribution in [-0.2, 0) is 7.05 Å². The standard InChI is InChI=1S/C16H12ClNOS/c1-18-13-7-3-2-6-12(13)15(16(18)17)14(19)9-8-11-5-4-10-20-11/h2-10H,1H3. The Hall–Kier alpha value is -1.84. The molecular weight excluding hydrogens is 290 g/mol. The van der Waals surface area contributed by atoms with Gasteiger partial charge < -0.3 is 4.57 Å². The molecule has 0 aliphatic rings. The number of benzene rings is 1. The quantitative estimate of drug-likeness (QED) is 0.503. The number of allylic oxidation sites excluding steroid dienone is 1. The van der Waals surface area contributed by atoms with Crippen LogP contribution in [0.3, 0.4) is 0 Å². The number of hydrogen-bond donors (Lipinski definition) is 0. The van der Waals surface area contributed by atoms with E-state index in [1.54, 1.807) is 17.4 Å². The molecule has 3 rings (SSSR count). The molecule has 0 radical (unpaired) electrons. The molecule has 0 atom stereocenters. The number of halogens is 1. The largest absolute Gasteiger partial charge is 0.334 e. The second kappa shape index (κ2) is 5.27. The Balaban J connectivity index is 2.06. The van der Waals surface area contributed by atoms with Gasteiger partial charge in [0, 0.05) is 22.8 Å². The first kappa shape index (κ1) is 13.2. The Bertz CT molecular complexity index is 799. The smallest absolute Gasteiger partial charge is 0.189 e. The van der Waals surface area contributed by atoms with E-state index in [9.17, 15) is 4.79 Å². The summed E-state index contributed by atoms with van der Waals surface area (Å²) in [6.07, 6.45) is 3.41. The predicted molar refractivity (Wildman–Crippen MR) is 85.6 cm³/mol. The molecule has 0 spiro atoms. The van der Waals surface area contributed by atoms with E-state index in [-0.39, 0.29) is 5.78 Å². The van der Waals surface area contributed by atoms with Crippen LogP contribution in [0.15, 0.2) is 47.9 Å². The maximum absolute atomic E-state index is 12.4. The maximum atomic E-state index is 12.4. The van der Waals surface area contributed by atoms with Crippen molar-refractivity contribution in [3.8, 4) is 0 Å². The normalized spacial score (nSPS) is 11.5. The summed E-state index contributed by atoms with van der Waals surface area (Å²) in [6.45, 7) is 0. The number of carbonyl (C=O) groups excluding carboxylic acids is 1. The SMILES string of the molecule is Cn1c(Cl)c(C(=O)C=Cc2cccs2)c2ccccc21. The highest BCUT2D eigenvalue weighted by Crippen LogP contribution is 2.29. The second-order valence-corrected chi connectivity index (χ2v) is 5.79. The number of hydrogen-bond acceptors (Lipinski definition) is 2. The number of para-hydroxylation sites is 1. The minimum atomic E-state index is -0.0693. The number of rotatable bonds is 3. The van der Waals surface area contributed by atoms with E-state index in [1.807, 2.05) is 59.5 Å². The molecule has 1 aromatic carbocycles. The number of nitrogens with zero attached hydrogens (tertiary/aromatic N) is 1. The summed E-state index contributed by atoms with van der Waals surface area (Å²) < 4.78 is 1.84. The van der Waals surface area contributed by atoms with Crippen molar-refractivity contribution in [2.24, 2.45) is 7.05 Å². The zero-order chi connectivity index (χ0) is 14.1. The molecule has 4 heteroatoms. The summed E-state index contributed by atoms with van der Waals surface area (Å²) >= 11 is 7.90. The number of aromatic nitrogens is 1. The second-order valence-electron chi connectivity index (χ2n) is 4.45. The first-order chi connectivity index (χ1) is 9.68. The van der Waals surface area contributed by atoms with Crippen LogP contribution < -0.4 is 0 Å². The van der Waals surface area contributed by atoms with Crippen molar-refractivity contribution < 1.29 is 4.79 Å². The lowest BCUT2D eigenvalue weighted by Gasteiger charge is -1.96. The Kier molecular flexibility index (Phi) is 3.47. The summed E-state index contributed by atoms with van der Waals surface area (Å²) in [6, 6.07) is 11.7. The van der Waals surface area contributed by atoms with E-state index < -0.39 is 0 Å². The van der Waals surface area contributed by atoms with Gasteiger partial charge in [-0.1, -0.05) is 35.9 Å². The minimum Gasteiger partial charge on any atom is -0.334 e. The molecule has 100 valence electrons. The van der Waals surface area contributed by atoms with E-state index >= 15 is 0 Å². The Morgan fingerprint density at radius 1 is 1.25 bits per heavy atom. The van der Waals surface area contributed by atoms with Crippen molar-refractivity contribution in [2.75, 3.05) is 0 Å². The van der Waals surface area contributed by atoms with Crippen LogP contribution in [0.4, 0.5) is 0 Å². The molecule has 0 saturated carbocycles. The molecular formula is C16H12ClNOS. The van der Waals surface area contributed by atoms with E-state index in [0.29, 0.717) is 10.7 Å². The molecule has 20 heavy (non-hydrogen) atoms. The van der Waals surface area contributed by atoms with Crippen molar-refractivity contribution in [3.63, 3.8) is 0 Å². The third-order valence-corrected chi connectivity index (χ3v) is 4.50. The fraction of sp³-hybridized carbons (Fsp3) is 0.0625. The van der Waals surface area contributed by atoms with Gasteiger partial charge in [-0.05, 0) is 29.7 Å². The number of fused-ring (bicyclic) bond motifs is 1. The Morgan fingerprint density at radius 2 is 2.05 bits per heavy atom. The van der Waals surface area contributed by atoms with Gasteiger partial charge in [0.2, 0.25) is 0 Å². The van der Waals surface area contributed by atoms with Crippen LogP contribution in [0.1, 0.15) is 15.2 Å². The molecule has 0 N–H and O–H groups in total. The lowest BCUT2D eigenvalue weighted by atomic mass is 10.1. The highest BCUT2D eigenvalue weighted by molar-refractivity contribution is 7.10. The van der Waals surface area contributed by atoms with Gasteiger partial charge >= 0.3 is 0 Å². The fourth-order valence-corrected chi connectivity index (χ4v) is 3.13. The molecule has 2 heterocycles. The van der Waals surface area contributed by atoms with Gasteiger partial charge in [-0.2, -0.15) is 0 Å². The van der Waals surface area contributed by atoms with Gasteiger partial charge in [-0.25, -0.2) is 0 Å². The van der Waals surface area contributed by atoms with Crippen LogP contribution >= 0.6 is 22.9 Å². The molecule has 2 aromatic heterocycles. The molecule has 2 nitrogen and oxygen atoms in total. The molecule has 0 saturated heterocycles. The van der Waals surface area contributed by atoms with Crippen LogP contribution in [-0.4, -0.2) is 10.4 Å².